The summed E-state index contributed by atoms with van der Waals surface area (Å²) in [7, 11) is 0. The first kappa shape index (κ1) is 20.4. The number of carboxylic acid groups (broad SMARTS) is 1. The van der Waals surface area contributed by atoms with Crippen LogP contribution in [0.3, 0.4) is 0 Å². The molecule has 27 heavy (non-hydrogen) atoms. The molecule has 1 aromatic carbocycles. The molecule has 8 nitrogen and oxygen atoms in total. The zero-order valence-electron chi connectivity index (χ0n) is 15.4. The molecule has 8 heteroatoms. The Balaban J connectivity index is 2.29. The number of hydrogen-bond acceptors (Lipinski definition) is 5. The summed E-state index contributed by atoms with van der Waals surface area (Å²) in [4.78, 5) is 37.6. The number of carboxylic acids is 1. The predicted molar refractivity (Wildman–Crippen MR) is 98.3 cm³/mol. The number of nitrogens with zero attached hydrogens (tertiary/aromatic N) is 1. The van der Waals surface area contributed by atoms with Crippen molar-refractivity contribution in [1.29, 1.82) is 0 Å². The van der Waals surface area contributed by atoms with E-state index >= 15 is 0 Å². The number of carbonyl (C=O) groups excluding carboxylic acids is 2. The van der Waals surface area contributed by atoms with E-state index in [2.05, 4.69) is 5.32 Å². The molecule has 1 heterocycles. The third-order valence-electron chi connectivity index (χ3n) is 4.18. The SMILES string of the molecule is CCCN(Cc1ccccc1)C(=O)[C@@H]1OC(C(=O)O)=CC(N)C1NC(C)=O. The maximum atomic E-state index is 13.2. The highest BCUT2D eigenvalue weighted by atomic mass is 16.5. The number of rotatable bonds is 7. The van der Waals surface area contributed by atoms with E-state index in [-0.39, 0.29) is 5.91 Å². The molecular weight excluding hydrogens is 350 g/mol. The van der Waals surface area contributed by atoms with Gasteiger partial charge in [0.1, 0.15) is 0 Å². The highest BCUT2D eigenvalue weighted by Crippen LogP contribution is 2.21. The van der Waals surface area contributed by atoms with Crippen LogP contribution < -0.4 is 11.1 Å². The number of nitrogens with two attached hydrogens (primary N) is 1. The second-order valence-electron chi connectivity index (χ2n) is 6.42. The van der Waals surface area contributed by atoms with Gasteiger partial charge in [-0.05, 0) is 18.1 Å². The van der Waals surface area contributed by atoms with Gasteiger partial charge in [-0.3, -0.25) is 9.59 Å². The summed E-state index contributed by atoms with van der Waals surface area (Å²) in [6, 6.07) is 7.73. The Bertz CT molecular complexity index is 719. The number of amides is 2. The molecule has 0 saturated heterocycles. The van der Waals surface area contributed by atoms with Gasteiger partial charge in [0.25, 0.3) is 5.91 Å². The number of aliphatic carboxylic acids is 1. The molecule has 0 aliphatic carbocycles. The Morgan fingerprint density at radius 2 is 1.93 bits per heavy atom. The van der Waals surface area contributed by atoms with Crippen LogP contribution in [0.4, 0.5) is 0 Å². The van der Waals surface area contributed by atoms with Gasteiger partial charge in [0, 0.05) is 20.0 Å². The molecule has 0 fully saturated rings. The number of ether oxygens (including phenoxy) is 1. The van der Waals surface area contributed by atoms with Crippen molar-refractivity contribution in [3.63, 3.8) is 0 Å². The summed E-state index contributed by atoms with van der Waals surface area (Å²) in [5.41, 5.74) is 6.94. The largest absolute Gasteiger partial charge is 0.475 e. The van der Waals surface area contributed by atoms with Gasteiger partial charge >= 0.3 is 5.97 Å². The lowest BCUT2D eigenvalue weighted by Crippen LogP contribution is -2.61. The Morgan fingerprint density at radius 3 is 2.48 bits per heavy atom. The molecule has 0 bridgehead atoms. The quantitative estimate of drug-likeness (QED) is 0.642. The topological polar surface area (TPSA) is 122 Å². The molecule has 0 aromatic heterocycles. The Hall–Kier alpha value is -2.87. The van der Waals surface area contributed by atoms with Crippen LogP contribution in [0.2, 0.25) is 0 Å². The van der Waals surface area contributed by atoms with Gasteiger partial charge in [-0.25, -0.2) is 4.79 Å². The molecule has 2 rings (SSSR count). The average Bonchev–Trinajstić information content (AvgIpc) is 2.62. The molecule has 2 unspecified atom stereocenters. The van der Waals surface area contributed by atoms with Crippen LogP contribution in [0.5, 0.6) is 0 Å². The number of benzene rings is 1. The zero-order chi connectivity index (χ0) is 20.0. The predicted octanol–water partition coefficient (Wildman–Crippen LogP) is 0.625. The van der Waals surface area contributed by atoms with Gasteiger partial charge < -0.3 is 25.8 Å². The van der Waals surface area contributed by atoms with E-state index in [1.54, 1.807) is 4.90 Å². The third kappa shape index (κ3) is 5.30. The van der Waals surface area contributed by atoms with Gasteiger partial charge in [-0.1, -0.05) is 37.3 Å². The smallest absolute Gasteiger partial charge is 0.370 e. The van der Waals surface area contributed by atoms with E-state index in [4.69, 9.17) is 10.5 Å². The minimum absolute atomic E-state index is 0.349. The van der Waals surface area contributed by atoms with E-state index in [0.717, 1.165) is 5.56 Å². The summed E-state index contributed by atoms with van der Waals surface area (Å²) in [6.45, 7) is 4.05. The lowest BCUT2D eigenvalue weighted by molar-refractivity contribution is -0.149. The van der Waals surface area contributed by atoms with Crippen molar-refractivity contribution in [3.05, 3.63) is 47.7 Å². The first-order valence-electron chi connectivity index (χ1n) is 8.80. The third-order valence-corrected chi connectivity index (χ3v) is 4.18. The van der Waals surface area contributed by atoms with E-state index < -0.39 is 35.8 Å². The van der Waals surface area contributed by atoms with Crippen molar-refractivity contribution in [3.8, 4) is 0 Å². The van der Waals surface area contributed by atoms with E-state index in [0.29, 0.717) is 19.5 Å². The summed E-state index contributed by atoms with van der Waals surface area (Å²) >= 11 is 0. The van der Waals surface area contributed by atoms with Gasteiger partial charge in [0.2, 0.25) is 11.7 Å². The molecule has 146 valence electrons. The highest BCUT2D eigenvalue weighted by molar-refractivity contribution is 5.88. The van der Waals surface area contributed by atoms with Crippen molar-refractivity contribution in [2.45, 2.75) is 45.0 Å². The van der Waals surface area contributed by atoms with Crippen molar-refractivity contribution >= 4 is 17.8 Å². The molecule has 1 aliphatic heterocycles. The van der Waals surface area contributed by atoms with Gasteiger partial charge in [-0.2, -0.15) is 0 Å². The Labute approximate surface area is 158 Å². The van der Waals surface area contributed by atoms with Gasteiger partial charge in [-0.15, -0.1) is 0 Å². The average molecular weight is 375 g/mol. The van der Waals surface area contributed by atoms with Crippen LogP contribution in [-0.4, -0.2) is 52.5 Å². The molecule has 4 N–H and O–H groups in total. The van der Waals surface area contributed by atoms with E-state index in [1.165, 1.54) is 13.0 Å². The fraction of sp³-hybridized carbons (Fsp3) is 0.421. The van der Waals surface area contributed by atoms with Crippen LogP contribution >= 0.6 is 0 Å². The molecule has 1 aromatic rings. The van der Waals surface area contributed by atoms with Gasteiger partial charge in [0.05, 0.1) is 12.1 Å². The Morgan fingerprint density at radius 1 is 1.26 bits per heavy atom. The van der Waals surface area contributed by atoms with Crippen LogP contribution in [0.25, 0.3) is 0 Å². The maximum absolute atomic E-state index is 13.2. The van der Waals surface area contributed by atoms with Crippen molar-refractivity contribution in [2.75, 3.05) is 6.54 Å². The summed E-state index contributed by atoms with van der Waals surface area (Å²) < 4.78 is 5.43. The number of hydrogen-bond donors (Lipinski definition) is 3. The number of carbonyl (C=O) groups is 3. The van der Waals surface area contributed by atoms with Gasteiger partial charge in [0.15, 0.2) is 6.10 Å². The fourth-order valence-corrected chi connectivity index (χ4v) is 2.98. The Kier molecular flexibility index (Phi) is 6.95. The zero-order valence-corrected chi connectivity index (χ0v) is 15.4. The normalized spacial score (nSPS) is 21.6. The first-order chi connectivity index (χ1) is 12.8. The standard InChI is InChI=1S/C19H25N3O5/c1-3-9-22(11-13-7-5-4-6-8-13)18(24)17-16(21-12(2)23)14(20)10-15(27-17)19(25)26/h4-8,10,14,16-17H,3,9,11,20H2,1-2H3,(H,21,23)(H,25,26)/t14?,16?,17-/m1/s1. The van der Waals surface area contributed by atoms with Crippen molar-refractivity contribution in [1.82, 2.24) is 10.2 Å². The minimum Gasteiger partial charge on any atom is -0.475 e. The lowest BCUT2D eigenvalue weighted by Gasteiger charge is -2.37. The first-order valence-corrected chi connectivity index (χ1v) is 8.80. The molecule has 0 spiro atoms. The number of nitrogens with one attached hydrogen (secondary N) is 1. The molecule has 0 radical (unpaired) electrons. The van der Waals surface area contributed by atoms with Crippen LogP contribution in [0, 0.1) is 0 Å². The maximum Gasteiger partial charge on any atom is 0.370 e. The molecule has 0 saturated carbocycles. The molecular formula is C19H25N3O5. The monoisotopic (exact) mass is 375 g/mol. The van der Waals surface area contributed by atoms with Crippen LogP contribution in [0.15, 0.2) is 42.2 Å². The summed E-state index contributed by atoms with van der Waals surface area (Å²) in [5, 5.41) is 11.8. The molecule has 1 aliphatic rings. The van der Waals surface area contributed by atoms with Crippen molar-refractivity contribution < 1.29 is 24.2 Å². The summed E-state index contributed by atoms with van der Waals surface area (Å²) in [5.74, 6) is -2.50. The van der Waals surface area contributed by atoms with Crippen LogP contribution in [-0.2, 0) is 25.7 Å². The second-order valence-corrected chi connectivity index (χ2v) is 6.42. The minimum atomic E-state index is -1.31. The second kappa shape index (κ2) is 9.18. The highest BCUT2D eigenvalue weighted by Gasteiger charge is 2.42. The van der Waals surface area contributed by atoms with E-state index in [9.17, 15) is 19.5 Å². The van der Waals surface area contributed by atoms with E-state index in [1.807, 2.05) is 37.3 Å². The van der Waals surface area contributed by atoms with Crippen LogP contribution in [0.1, 0.15) is 25.8 Å². The fourth-order valence-electron chi connectivity index (χ4n) is 2.98. The molecule has 2 amide bonds. The lowest BCUT2D eigenvalue weighted by atomic mass is 9.97. The summed E-state index contributed by atoms with van der Waals surface area (Å²) in [6.07, 6.45) is 0.702. The van der Waals surface area contributed by atoms with Crippen molar-refractivity contribution in [2.24, 2.45) is 5.73 Å². The molecule has 3 atom stereocenters.